The molecule has 10 aromatic rings. The van der Waals surface area contributed by atoms with E-state index in [1.165, 1.54) is 63.8 Å². The Balaban J connectivity index is 1.10. The lowest BCUT2D eigenvalue weighted by Gasteiger charge is -2.08. The molecule has 206 valence electrons. The molecule has 0 atom stereocenters. The minimum Gasteiger partial charge on any atom is -0.456 e. The lowest BCUT2D eigenvalue weighted by Crippen LogP contribution is -1.93. The summed E-state index contributed by atoms with van der Waals surface area (Å²) in [6.45, 7) is 0. The summed E-state index contributed by atoms with van der Waals surface area (Å²) in [7, 11) is 0. The van der Waals surface area contributed by atoms with E-state index in [-0.39, 0.29) is 0 Å². The Morgan fingerprint density at radius 2 is 1.23 bits per heavy atom. The molecule has 44 heavy (non-hydrogen) atoms. The second-order valence-corrected chi connectivity index (χ2v) is 13.3. The summed E-state index contributed by atoms with van der Waals surface area (Å²) in [4.78, 5) is 8.19. The predicted octanol–water partition coefficient (Wildman–Crippen LogP) is 11.8. The molecule has 0 spiro atoms. The van der Waals surface area contributed by atoms with Gasteiger partial charge in [0.05, 0.1) is 11.0 Å². The fourth-order valence-electron chi connectivity index (χ4n) is 6.67. The van der Waals surface area contributed by atoms with Crippen LogP contribution in [-0.4, -0.2) is 9.55 Å². The van der Waals surface area contributed by atoms with Gasteiger partial charge in [0.25, 0.3) is 0 Å². The molecular formula is C39H22N2OS2. The van der Waals surface area contributed by atoms with Gasteiger partial charge in [-0.25, -0.2) is 4.98 Å². The van der Waals surface area contributed by atoms with Crippen molar-refractivity contribution in [1.82, 2.24) is 9.55 Å². The lowest BCUT2D eigenvalue weighted by atomic mass is 10.1. The van der Waals surface area contributed by atoms with Crippen molar-refractivity contribution in [1.29, 1.82) is 0 Å². The largest absolute Gasteiger partial charge is 0.456 e. The fraction of sp³-hybridized carbons (Fsp3) is 0. The van der Waals surface area contributed by atoms with Gasteiger partial charge in [0, 0.05) is 58.7 Å². The van der Waals surface area contributed by atoms with Gasteiger partial charge < -0.3 is 8.98 Å². The fourth-order valence-corrected chi connectivity index (χ4v) is 8.69. The molecule has 10 rings (SSSR count). The van der Waals surface area contributed by atoms with Crippen LogP contribution in [0.1, 0.15) is 0 Å². The van der Waals surface area contributed by atoms with Crippen molar-refractivity contribution >= 4 is 86.7 Å². The SMILES string of the molecule is c1ccc2c(c1)oc1ccc(-c3ccc(-c4ccc5c(c4)c4ccccc4n5-c4ccc5sc6ncccc6c5c4)s3)cc12. The number of benzene rings is 5. The highest BCUT2D eigenvalue weighted by atomic mass is 32.1. The van der Waals surface area contributed by atoms with E-state index < -0.39 is 0 Å². The zero-order valence-electron chi connectivity index (χ0n) is 23.3. The van der Waals surface area contributed by atoms with E-state index in [4.69, 9.17) is 4.42 Å². The van der Waals surface area contributed by atoms with E-state index >= 15 is 0 Å². The molecule has 5 aromatic carbocycles. The molecule has 5 aromatic heterocycles. The van der Waals surface area contributed by atoms with Crippen LogP contribution in [0.15, 0.2) is 138 Å². The van der Waals surface area contributed by atoms with Crippen LogP contribution in [0.4, 0.5) is 0 Å². The number of furan rings is 1. The van der Waals surface area contributed by atoms with Gasteiger partial charge in [-0.05, 0) is 96.1 Å². The monoisotopic (exact) mass is 598 g/mol. The van der Waals surface area contributed by atoms with Gasteiger partial charge in [0.1, 0.15) is 16.0 Å². The van der Waals surface area contributed by atoms with Crippen molar-refractivity contribution in [2.75, 3.05) is 0 Å². The third kappa shape index (κ3) is 3.51. The Kier molecular flexibility index (Phi) is 5.03. The van der Waals surface area contributed by atoms with Crippen LogP contribution >= 0.6 is 22.7 Å². The first-order valence-electron chi connectivity index (χ1n) is 14.6. The predicted molar refractivity (Wildman–Crippen MR) is 187 cm³/mol. The van der Waals surface area contributed by atoms with Gasteiger partial charge in [-0.15, -0.1) is 22.7 Å². The van der Waals surface area contributed by atoms with Crippen molar-refractivity contribution in [3.63, 3.8) is 0 Å². The van der Waals surface area contributed by atoms with Crippen molar-refractivity contribution in [2.45, 2.75) is 0 Å². The first kappa shape index (κ1) is 24.2. The summed E-state index contributed by atoms with van der Waals surface area (Å²) in [6, 6.07) is 45.9. The van der Waals surface area contributed by atoms with E-state index in [9.17, 15) is 0 Å². The highest BCUT2D eigenvalue weighted by Gasteiger charge is 2.16. The number of hydrogen-bond donors (Lipinski definition) is 0. The van der Waals surface area contributed by atoms with Crippen molar-refractivity contribution in [2.24, 2.45) is 0 Å². The average molecular weight is 599 g/mol. The molecule has 0 fully saturated rings. The Morgan fingerprint density at radius 3 is 2.14 bits per heavy atom. The third-order valence-electron chi connectivity index (χ3n) is 8.71. The molecule has 0 unspecified atom stereocenters. The molecule has 0 aliphatic carbocycles. The van der Waals surface area contributed by atoms with Crippen LogP contribution in [0.2, 0.25) is 0 Å². The van der Waals surface area contributed by atoms with Crippen molar-refractivity contribution in [3.8, 4) is 26.6 Å². The maximum atomic E-state index is 6.06. The topological polar surface area (TPSA) is 31.0 Å². The number of rotatable bonds is 3. The molecule has 0 radical (unpaired) electrons. The average Bonchev–Trinajstić information content (AvgIpc) is 3.86. The summed E-state index contributed by atoms with van der Waals surface area (Å²) >= 11 is 3.59. The summed E-state index contributed by atoms with van der Waals surface area (Å²) in [5, 5.41) is 7.31. The molecule has 3 nitrogen and oxygen atoms in total. The molecule has 0 amide bonds. The Labute approximate surface area is 259 Å². The molecule has 5 heterocycles. The third-order valence-corrected chi connectivity index (χ3v) is 11.0. The molecule has 0 aliphatic heterocycles. The zero-order chi connectivity index (χ0) is 28.8. The molecule has 0 aliphatic rings. The van der Waals surface area contributed by atoms with Crippen LogP contribution in [0, 0.1) is 0 Å². The Hall–Kier alpha value is -5.23. The minimum absolute atomic E-state index is 0.927. The van der Waals surface area contributed by atoms with Crippen molar-refractivity contribution < 1.29 is 4.42 Å². The first-order valence-corrected chi connectivity index (χ1v) is 16.2. The molecule has 0 saturated carbocycles. The Bertz CT molecular complexity index is 2740. The summed E-state index contributed by atoms with van der Waals surface area (Å²) in [5.74, 6) is 0. The minimum atomic E-state index is 0.927. The number of hydrogen-bond acceptors (Lipinski definition) is 4. The van der Waals surface area contributed by atoms with Crippen molar-refractivity contribution in [3.05, 3.63) is 134 Å². The van der Waals surface area contributed by atoms with Gasteiger partial charge in [0.15, 0.2) is 0 Å². The van der Waals surface area contributed by atoms with Gasteiger partial charge >= 0.3 is 0 Å². The Morgan fingerprint density at radius 1 is 0.500 bits per heavy atom. The van der Waals surface area contributed by atoms with Gasteiger partial charge in [-0.2, -0.15) is 0 Å². The van der Waals surface area contributed by atoms with Gasteiger partial charge in [0.2, 0.25) is 0 Å². The molecule has 5 heteroatoms. The van der Waals surface area contributed by atoms with Gasteiger partial charge in [-0.3, -0.25) is 0 Å². The lowest BCUT2D eigenvalue weighted by molar-refractivity contribution is 0.669. The number of pyridine rings is 1. The first-order chi connectivity index (χ1) is 21.8. The molecule has 0 saturated heterocycles. The quantitative estimate of drug-likeness (QED) is 0.203. The zero-order valence-corrected chi connectivity index (χ0v) is 25.0. The van der Waals surface area contributed by atoms with E-state index in [1.807, 2.05) is 35.7 Å². The smallest absolute Gasteiger partial charge is 0.135 e. The number of aromatic nitrogens is 2. The van der Waals surface area contributed by atoms with Crippen LogP contribution in [0.25, 0.3) is 90.6 Å². The highest BCUT2D eigenvalue weighted by molar-refractivity contribution is 7.25. The highest BCUT2D eigenvalue weighted by Crippen LogP contribution is 2.41. The maximum absolute atomic E-state index is 6.06. The normalized spacial score (nSPS) is 12.1. The second kappa shape index (κ2) is 9.13. The van der Waals surface area contributed by atoms with Crippen LogP contribution in [0.5, 0.6) is 0 Å². The van der Waals surface area contributed by atoms with E-state index in [0.29, 0.717) is 0 Å². The van der Waals surface area contributed by atoms with Crippen LogP contribution in [-0.2, 0) is 0 Å². The number of thiophene rings is 2. The summed E-state index contributed by atoms with van der Waals surface area (Å²) < 4.78 is 9.73. The van der Waals surface area contributed by atoms with E-state index in [1.54, 1.807) is 11.3 Å². The standard InChI is InChI=1S/C39H22N2OS2/c1-3-9-32-26(6-1)29-20-23(11-14-33(29)41(32)25-13-16-38-31(22-25)28-8-5-19-40-39(28)44-38)36-17-18-37(43-36)24-12-15-35-30(21-24)27-7-2-4-10-34(27)42-35/h1-22H. The van der Waals surface area contributed by atoms with E-state index in [2.05, 4.69) is 119 Å². The number of fused-ring (bicyclic) bond motifs is 9. The number of nitrogens with zero attached hydrogens (tertiary/aromatic N) is 2. The van der Waals surface area contributed by atoms with E-state index in [0.717, 1.165) is 26.8 Å². The molecule has 0 bridgehead atoms. The summed E-state index contributed by atoms with van der Waals surface area (Å²) in [5.41, 5.74) is 7.89. The van der Waals surface area contributed by atoms with Crippen LogP contribution < -0.4 is 0 Å². The number of para-hydroxylation sites is 2. The van der Waals surface area contributed by atoms with Gasteiger partial charge in [-0.1, -0.05) is 42.5 Å². The summed E-state index contributed by atoms with van der Waals surface area (Å²) in [6.07, 6.45) is 1.87. The molecule has 0 N–H and O–H groups in total. The second-order valence-electron chi connectivity index (χ2n) is 11.2. The molecular weight excluding hydrogens is 577 g/mol. The maximum Gasteiger partial charge on any atom is 0.135 e. The van der Waals surface area contributed by atoms with Crippen LogP contribution in [0.3, 0.4) is 0 Å².